The summed E-state index contributed by atoms with van der Waals surface area (Å²) < 4.78 is 2.47. The summed E-state index contributed by atoms with van der Waals surface area (Å²) in [6, 6.07) is 5.89. The Labute approximate surface area is 128 Å². The molecule has 0 saturated heterocycles. The molecule has 0 spiro atoms. The second-order valence-electron chi connectivity index (χ2n) is 4.13. The molecule has 0 aliphatic heterocycles. The molecular weight excluding hydrogens is 340 g/mol. The van der Waals surface area contributed by atoms with Crippen molar-refractivity contribution < 1.29 is 0 Å². The molecule has 0 fully saturated rings. The van der Waals surface area contributed by atoms with Crippen molar-refractivity contribution in [2.75, 3.05) is 12.0 Å². The lowest BCUT2D eigenvalue weighted by Crippen LogP contribution is -2.04. The van der Waals surface area contributed by atoms with Gasteiger partial charge in [0.1, 0.15) is 0 Å². The Morgan fingerprint density at radius 2 is 2.05 bits per heavy atom. The van der Waals surface area contributed by atoms with E-state index in [1.807, 2.05) is 31.4 Å². The first kappa shape index (κ1) is 13.3. The molecule has 6 nitrogen and oxygen atoms in total. The third-order valence-corrected chi connectivity index (χ3v) is 4.31. The monoisotopic (exact) mass is 350 g/mol. The normalized spacial score (nSPS) is 11.2. The van der Waals surface area contributed by atoms with Gasteiger partial charge in [-0.25, -0.2) is 0 Å². The van der Waals surface area contributed by atoms with Gasteiger partial charge in [0.2, 0.25) is 5.95 Å². The average molecular weight is 351 g/mol. The van der Waals surface area contributed by atoms with E-state index in [1.54, 1.807) is 0 Å². The highest BCUT2D eigenvalue weighted by molar-refractivity contribution is 9.10. The Morgan fingerprint density at radius 3 is 2.80 bits per heavy atom. The number of anilines is 1. The standard InChI is InChI=1S/C12H11BrN6S/c1-6-7(4-3-5-8(6)13)9-15-11-17-12(20-2)16-10(14)19(11)18-9/h3-5H,1-2H3,(H2,14,15,16,17,18). The van der Waals surface area contributed by atoms with E-state index in [9.17, 15) is 0 Å². The quantitative estimate of drug-likeness (QED) is 0.715. The van der Waals surface area contributed by atoms with E-state index in [-0.39, 0.29) is 5.95 Å². The molecule has 0 aliphatic carbocycles. The first-order valence-electron chi connectivity index (χ1n) is 5.80. The third kappa shape index (κ3) is 2.14. The minimum absolute atomic E-state index is 0.283. The molecule has 0 bridgehead atoms. The molecule has 0 amide bonds. The fourth-order valence-corrected chi connectivity index (χ4v) is 2.56. The van der Waals surface area contributed by atoms with Crippen molar-refractivity contribution in [3.8, 4) is 11.4 Å². The molecule has 0 saturated carbocycles. The number of halogens is 1. The average Bonchev–Trinajstić information content (AvgIpc) is 2.86. The van der Waals surface area contributed by atoms with Gasteiger partial charge >= 0.3 is 0 Å². The van der Waals surface area contributed by atoms with Crippen LogP contribution in [0.4, 0.5) is 5.95 Å². The molecule has 3 aromatic rings. The van der Waals surface area contributed by atoms with Crippen LogP contribution < -0.4 is 5.73 Å². The lowest BCUT2D eigenvalue weighted by Gasteiger charge is -2.02. The molecule has 2 N–H and O–H groups in total. The molecule has 0 unspecified atom stereocenters. The van der Waals surface area contributed by atoms with Gasteiger partial charge in [-0.1, -0.05) is 39.8 Å². The van der Waals surface area contributed by atoms with Crippen LogP contribution in [0, 0.1) is 6.92 Å². The molecule has 20 heavy (non-hydrogen) atoms. The Hall–Kier alpha value is -1.67. The maximum atomic E-state index is 5.88. The van der Waals surface area contributed by atoms with E-state index in [0.29, 0.717) is 16.8 Å². The summed E-state index contributed by atoms with van der Waals surface area (Å²) in [5.74, 6) is 1.32. The summed E-state index contributed by atoms with van der Waals surface area (Å²) in [5, 5.41) is 4.97. The topological polar surface area (TPSA) is 82.0 Å². The summed E-state index contributed by atoms with van der Waals surface area (Å²) in [5.41, 5.74) is 7.89. The highest BCUT2D eigenvalue weighted by Gasteiger charge is 2.14. The summed E-state index contributed by atoms with van der Waals surface area (Å²) in [4.78, 5) is 12.9. The lowest BCUT2D eigenvalue weighted by atomic mass is 10.1. The van der Waals surface area contributed by atoms with Gasteiger partial charge < -0.3 is 5.73 Å². The Bertz CT molecular complexity index is 800. The van der Waals surface area contributed by atoms with Crippen molar-refractivity contribution in [1.82, 2.24) is 24.6 Å². The van der Waals surface area contributed by atoms with E-state index in [2.05, 4.69) is 36.0 Å². The van der Waals surface area contributed by atoms with Gasteiger partial charge in [-0.3, -0.25) is 0 Å². The largest absolute Gasteiger partial charge is 0.368 e. The van der Waals surface area contributed by atoms with Crippen molar-refractivity contribution in [1.29, 1.82) is 0 Å². The number of hydrogen-bond donors (Lipinski definition) is 1. The maximum absolute atomic E-state index is 5.88. The highest BCUT2D eigenvalue weighted by atomic mass is 79.9. The molecule has 2 aromatic heterocycles. The van der Waals surface area contributed by atoms with Gasteiger partial charge in [-0.2, -0.15) is 19.5 Å². The fourth-order valence-electron chi connectivity index (χ4n) is 1.84. The summed E-state index contributed by atoms with van der Waals surface area (Å²) in [6.07, 6.45) is 1.89. The molecule has 2 heterocycles. The minimum Gasteiger partial charge on any atom is -0.368 e. The van der Waals surface area contributed by atoms with Crippen LogP contribution >= 0.6 is 27.7 Å². The van der Waals surface area contributed by atoms with Crippen molar-refractivity contribution in [2.24, 2.45) is 0 Å². The lowest BCUT2D eigenvalue weighted by molar-refractivity contribution is 0.851. The number of nitrogens with zero attached hydrogens (tertiary/aromatic N) is 5. The van der Waals surface area contributed by atoms with Crippen LogP contribution in [0.25, 0.3) is 17.2 Å². The summed E-state index contributed by atoms with van der Waals surface area (Å²) >= 11 is 4.92. The third-order valence-electron chi connectivity index (χ3n) is 2.90. The number of hydrogen-bond acceptors (Lipinski definition) is 6. The molecule has 8 heteroatoms. The van der Waals surface area contributed by atoms with E-state index in [0.717, 1.165) is 15.6 Å². The first-order valence-corrected chi connectivity index (χ1v) is 7.81. The predicted molar refractivity (Wildman–Crippen MR) is 82.6 cm³/mol. The van der Waals surface area contributed by atoms with Crippen LogP contribution in [0.2, 0.25) is 0 Å². The van der Waals surface area contributed by atoms with E-state index < -0.39 is 0 Å². The van der Waals surface area contributed by atoms with E-state index in [4.69, 9.17) is 5.73 Å². The van der Waals surface area contributed by atoms with Gasteiger partial charge in [0.15, 0.2) is 11.0 Å². The summed E-state index contributed by atoms with van der Waals surface area (Å²) in [6.45, 7) is 2.01. The second kappa shape index (κ2) is 5.02. The maximum Gasteiger partial charge on any atom is 0.258 e. The fraction of sp³-hybridized carbons (Fsp3) is 0.167. The smallest absolute Gasteiger partial charge is 0.258 e. The van der Waals surface area contributed by atoms with Gasteiger partial charge in [0.05, 0.1) is 0 Å². The first-order chi connectivity index (χ1) is 9.60. The zero-order chi connectivity index (χ0) is 14.3. The zero-order valence-corrected chi connectivity index (χ0v) is 13.2. The molecule has 0 aliphatic rings. The van der Waals surface area contributed by atoms with Gasteiger partial charge in [-0.05, 0) is 24.8 Å². The number of benzene rings is 1. The van der Waals surface area contributed by atoms with Crippen molar-refractivity contribution in [3.63, 3.8) is 0 Å². The SMILES string of the molecule is CSc1nc(N)n2nc(-c3cccc(Br)c3C)nc2n1. The number of nitrogen functional groups attached to an aromatic ring is 1. The molecule has 0 atom stereocenters. The highest BCUT2D eigenvalue weighted by Crippen LogP contribution is 2.27. The van der Waals surface area contributed by atoms with Gasteiger partial charge in [-0.15, -0.1) is 5.10 Å². The van der Waals surface area contributed by atoms with Crippen LogP contribution in [-0.4, -0.2) is 30.8 Å². The Balaban J connectivity index is 2.23. The van der Waals surface area contributed by atoms with Crippen LogP contribution in [0.1, 0.15) is 5.56 Å². The Morgan fingerprint density at radius 1 is 1.25 bits per heavy atom. The molecule has 0 radical (unpaired) electrons. The van der Waals surface area contributed by atoms with Crippen LogP contribution in [0.15, 0.2) is 27.8 Å². The van der Waals surface area contributed by atoms with Crippen molar-refractivity contribution in [2.45, 2.75) is 12.1 Å². The van der Waals surface area contributed by atoms with Crippen LogP contribution in [-0.2, 0) is 0 Å². The zero-order valence-electron chi connectivity index (χ0n) is 10.8. The number of thioether (sulfide) groups is 1. The van der Waals surface area contributed by atoms with E-state index in [1.165, 1.54) is 16.3 Å². The number of aromatic nitrogens is 5. The van der Waals surface area contributed by atoms with E-state index >= 15 is 0 Å². The second-order valence-corrected chi connectivity index (χ2v) is 5.76. The van der Waals surface area contributed by atoms with Crippen molar-refractivity contribution in [3.05, 3.63) is 28.2 Å². The molecular formula is C12H11BrN6S. The van der Waals surface area contributed by atoms with Gasteiger partial charge in [0, 0.05) is 10.0 Å². The molecule has 102 valence electrons. The minimum atomic E-state index is 0.283. The number of rotatable bonds is 2. The predicted octanol–water partition coefficient (Wildman–Crippen LogP) is 2.56. The Kier molecular flexibility index (Phi) is 3.35. The molecule has 1 aromatic carbocycles. The van der Waals surface area contributed by atoms with Crippen LogP contribution in [0.5, 0.6) is 0 Å². The summed E-state index contributed by atoms with van der Waals surface area (Å²) in [7, 11) is 0. The molecule has 3 rings (SSSR count). The number of fused-ring (bicyclic) bond motifs is 1. The van der Waals surface area contributed by atoms with Crippen molar-refractivity contribution >= 4 is 39.4 Å². The number of nitrogens with two attached hydrogens (primary N) is 1. The van der Waals surface area contributed by atoms with Crippen LogP contribution in [0.3, 0.4) is 0 Å². The van der Waals surface area contributed by atoms with Gasteiger partial charge in [0.25, 0.3) is 5.78 Å².